The van der Waals surface area contributed by atoms with Gasteiger partial charge in [0.15, 0.2) is 0 Å². The minimum atomic E-state index is -0.535. The van der Waals surface area contributed by atoms with Crippen LogP contribution in [0.2, 0.25) is 0 Å². The third kappa shape index (κ3) is 5.36. The summed E-state index contributed by atoms with van der Waals surface area (Å²) < 4.78 is 0. The van der Waals surface area contributed by atoms with Crippen molar-refractivity contribution in [1.29, 1.82) is 0 Å². The molecule has 2 amide bonds. The number of nitrogens with one attached hydrogen (secondary N) is 1. The van der Waals surface area contributed by atoms with Gasteiger partial charge in [0.05, 0.1) is 12.5 Å². The maximum absolute atomic E-state index is 13.3. The summed E-state index contributed by atoms with van der Waals surface area (Å²) >= 11 is 0. The highest BCUT2D eigenvalue weighted by Gasteiger charge is 2.29. The van der Waals surface area contributed by atoms with E-state index >= 15 is 0 Å². The molecule has 0 radical (unpaired) electrons. The Balaban J connectivity index is 1.52. The fourth-order valence-electron chi connectivity index (χ4n) is 4.32. The van der Waals surface area contributed by atoms with Crippen molar-refractivity contribution in [3.05, 3.63) is 78.4 Å². The second-order valence-corrected chi connectivity index (χ2v) is 9.75. The average molecular weight is 444 g/mol. The highest BCUT2D eigenvalue weighted by molar-refractivity contribution is 5.89. The molecule has 0 unspecified atom stereocenters. The van der Waals surface area contributed by atoms with Gasteiger partial charge in [-0.05, 0) is 28.5 Å². The van der Waals surface area contributed by atoms with E-state index in [1.54, 1.807) is 0 Å². The van der Waals surface area contributed by atoms with Gasteiger partial charge < -0.3 is 15.1 Å². The van der Waals surface area contributed by atoms with Crippen LogP contribution in [-0.4, -0.2) is 42.9 Å². The van der Waals surface area contributed by atoms with Crippen molar-refractivity contribution in [1.82, 2.24) is 10.2 Å². The van der Waals surface area contributed by atoms with Crippen molar-refractivity contribution < 1.29 is 9.59 Å². The predicted molar refractivity (Wildman–Crippen MR) is 134 cm³/mol. The number of para-hydroxylation sites is 1. The average Bonchev–Trinajstić information content (AvgIpc) is 2.83. The molecule has 0 aliphatic carbocycles. The summed E-state index contributed by atoms with van der Waals surface area (Å²) in [4.78, 5) is 30.5. The predicted octanol–water partition coefficient (Wildman–Crippen LogP) is 4.78. The van der Waals surface area contributed by atoms with Crippen LogP contribution in [0.25, 0.3) is 10.8 Å². The minimum Gasteiger partial charge on any atom is -0.368 e. The number of piperazine rings is 1. The highest BCUT2D eigenvalue weighted by atomic mass is 16.2. The van der Waals surface area contributed by atoms with E-state index in [1.807, 2.05) is 68.1 Å². The van der Waals surface area contributed by atoms with Gasteiger partial charge in [0.2, 0.25) is 11.8 Å². The third-order valence-electron chi connectivity index (χ3n) is 6.32. The SMILES string of the molecule is CC(C)(C)C(=O)N[C@@H](CC(=O)N1CCN(c2ccccc2)CC1)c1cccc2ccccc12. The molecule has 0 bridgehead atoms. The van der Waals surface area contributed by atoms with E-state index < -0.39 is 5.41 Å². The first-order chi connectivity index (χ1) is 15.8. The van der Waals surface area contributed by atoms with Gasteiger partial charge in [-0.3, -0.25) is 9.59 Å². The summed E-state index contributed by atoms with van der Waals surface area (Å²) in [6.45, 7) is 8.67. The molecule has 1 saturated heterocycles. The van der Waals surface area contributed by atoms with Crippen molar-refractivity contribution in [2.45, 2.75) is 33.2 Å². The number of rotatable bonds is 5. The number of benzene rings is 3. The summed E-state index contributed by atoms with van der Waals surface area (Å²) in [6, 6.07) is 24.2. The summed E-state index contributed by atoms with van der Waals surface area (Å²) in [5, 5.41) is 5.35. The first kappa shape index (κ1) is 22.8. The lowest BCUT2D eigenvalue weighted by atomic mass is 9.92. The highest BCUT2D eigenvalue weighted by Crippen LogP contribution is 2.29. The largest absolute Gasteiger partial charge is 0.368 e. The van der Waals surface area contributed by atoms with Crippen LogP contribution in [0, 0.1) is 5.41 Å². The molecule has 1 aliphatic heterocycles. The number of amides is 2. The topological polar surface area (TPSA) is 52.7 Å². The number of carbonyl (C=O) groups excluding carboxylic acids is 2. The fraction of sp³-hybridized carbons (Fsp3) is 0.357. The maximum Gasteiger partial charge on any atom is 0.225 e. The van der Waals surface area contributed by atoms with E-state index in [1.165, 1.54) is 5.69 Å². The van der Waals surface area contributed by atoms with Crippen LogP contribution in [0.15, 0.2) is 72.8 Å². The molecule has 0 saturated carbocycles. The number of nitrogens with zero attached hydrogens (tertiary/aromatic N) is 2. The van der Waals surface area contributed by atoms with Gasteiger partial charge in [-0.1, -0.05) is 81.4 Å². The van der Waals surface area contributed by atoms with Crippen LogP contribution in [0.5, 0.6) is 0 Å². The van der Waals surface area contributed by atoms with Gasteiger partial charge in [-0.25, -0.2) is 0 Å². The van der Waals surface area contributed by atoms with Crippen LogP contribution in [-0.2, 0) is 9.59 Å². The van der Waals surface area contributed by atoms with Crippen LogP contribution in [0.4, 0.5) is 5.69 Å². The molecule has 172 valence electrons. The van der Waals surface area contributed by atoms with E-state index in [9.17, 15) is 9.59 Å². The van der Waals surface area contributed by atoms with E-state index in [4.69, 9.17) is 0 Å². The van der Waals surface area contributed by atoms with Gasteiger partial charge in [0, 0.05) is 37.3 Å². The molecule has 1 fully saturated rings. The van der Waals surface area contributed by atoms with Crippen molar-refractivity contribution >= 4 is 28.3 Å². The summed E-state index contributed by atoms with van der Waals surface area (Å²) in [6.07, 6.45) is 0.251. The molecular formula is C28H33N3O2. The molecule has 5 heteroatoms. The molecular weight excluding hydrogens is 410 g/mol. The number of fused-ring (bicyclic) bond motifs is 1. The van der Waals surface area contributed by atoms with Crippen molar-refractivity contribution in [3.8, 4) is 0 Å². The maximum atomic E-state index is 13.3. The zero-order valence-electron chi connectivity index (χ0n) is 19.8. The van der Waals surface area contributed by atoms with E-state index in [2.05, 4.69) is 40.5 Å². The second kappa shape index (κ2) is 9.65. The van der Waals surface area contributed by atoms with Gasteiger partial charge in [0.1, 0.15) is 0 Å². The summed E-state index contributed by atoms with van der Waals surface area (Å²) in [5.41, 5.74) is 1.64. The number of hydrogen-bond donors (Lipinski definition) is 1. The Morgan fingerprint density at radius 1 is 0.848 bits per heavy atom. The molecule has 5 nitrogen and oxygen atoms in total. The van der Waals surface area contributed by atoms with Crippen LogP contribution < -0.4 is 10.2 Å². The fourth-order valence-corrected chi connectivity index (χ4v) is 4.32. The summed E-state index contributed by atoms with van der Waals surface area (Å²) in [5.74, 6) is 0.0250. The standard InChI is InChI=1S/C28H33N3O2/c1-28(2,3)27(33)29-25(24-15-9-11-21-10-7-8-14-23(21)24)20-26(32)31-18-16-30(17-19-31)22-12-5-4-6-13-22/h4-15,25H,16-20H2,1-3H3,(H,29,33)/t25-/m0/s1. The molecule has 4 rings (SSSR count). The minimum absolute atomic E-state index is 0.0536. The number of hydrogen-bond acceptors (Lipinski definition) is 3. The Morgan fingerprint density at radius 3 is 2.18 bits per heavy atom. The normalized spacial score (nSPS) is 15.4. The van der Waals surface area contributed by atoms with Gasteiger partial charge >= 0.3 is 0 Å². The van der Waals surface area contributed by atoms with Gasteiger partial charge in [-0.15, -0.1) is 0 Å². The number of carbonyl (C=O) groups is 2. The summed E-state index contributed by atoms with van der Waals surface area (Å²) in [7, 11) is 0. The zero-order valence-corrected chi connectivity index (χ0v) is 19.8. The van der Waals surface area contributed by atoms with Crippen molar-refractivity contribution in [2.24, 2.45) is 5.41 Å². The molecule has 1 N–H and O–H groups in total. The monoisotopic (exact) mass is 443 g/mol. The van der Waals surface area contributed by atoms with Gasteiger partial charge in [0.25, 0.3) is 0 Å². The number of anilines is 1. The lowest BCUT2D eigenvalue weighted by molar-refractivity contribution is -0.133. The van der Waals surface area contributed by atoms with Crippen LogP contribution in [0.1, 0.15) is 38.8 Å². The molecule has 1 heterocycles. The Bertz CT molecular complexity index is 1110. The quantitative estimate of drug-likeness (QED) is 0.617. The van der Waals surface area contributed by atoms with Crippen molar-refractivity contribution in [2.75, 3.05) is 31.1 Å². The van der Waals surface area contributed by atoms with E-state index in [-0.39, 0.29) is 24.3 Å². The molecule has 1 atom stereocenters. The van der Waals surface area contributed by atoms with Crippen LogP contribution in [0.3, 0.4) is 0 Å². The molecule has 0 spiro atoms. The Labute approximate surface area is 196 Å². The zero-order chi connectivity index (χ0) is 23.4. The van der Waals surface area contributed by atoms with Crippen molar-refractivity contribution in [3.63, 3.8) is 0 Å². The van der Waals surface area contributed by atoms with Gasteiger partial charge in [-0.2, -0.15) is 0 Å². The first-order valence-electron chi connectivity index (χ1n) is 11.7. The molecule has 1 aliphatic rings. The Morgan fingerprint density at radius 2 is 1.48 bits per heavy atom. The van der Waals surface area contributed by atoms with E-state index in [0.717, 1.165) is 29.4 Å². The molecule has 0 aromatic heterocycles. The lowest BCUT2D eigenvalue weighted by Gasteiger charge is -2.37. The van der Waals surface area contributed by atoms with E-state index in [0.29, 0.717) is 13.1 Å². The Kier molecular flexibility index (Phi) is 6.68. The lowest BCUT2D eigenvalue weighted by Crippen LogP contribution is -2.49. The molecule has 3 aromatic carbocycles. The molecule has 3 aromatic rings. The Hall–Kier alpha value is -3.34. The smallest absolute Gasteiger partial charge is 0.225 e. The second-order valence-electron chi connectivity index (χ2n) is 9.75. The molecule has 33 heavy (non-hydrogen) atoms. The van der Waals surface area contributed by atoms with Crippen LogP contribution >= 0.6 is 0 Å². The third-order valence-corrected chi connectivity index (χ3v) is 6.32. The first-order valence-corrected chi connectivity index (χ1v) is 11.7.